The van der Waals surface area contributed by atoms with E-state index in [-0.39, 0.29) is 0 Å². The molecule has 0 bridgehead atoms. The van der Waals surface area contributed by atoms with Crippen LogP contribution in [-0.4, -0.2) is 18.1 Å². The molecule has 126 valence electrons. The van der Waals surface area contributed by atoms with Crippen molar-refractivity contribution in [1.29, 1.82) is 0 Å². The number of aryl methyl sites for hydroxylation is 2. The Morgan fingerprint density at radius 3 is 2.67 bits per heavy atom. The van der Waals surface area contributed by atoms with Crippen LogP contribution in [0.3, 0.4) is 0 Å². The fourth-order valence-corrected chi connectivity index (χ4v) is 3.27. The zero-order valence-corrected chi connectivity index (χ0v) is 14.6. The van der Waals surface area contributed by atoms with E-state index in [2.05, 4.69) is 48.3 Å². The van der Waals surface area contributed by atoms with Gasteiger partial charge in [-0.25, -0.2) is 0 Å². The maximum absolute atomic E-state index is 5.70. The first kappa shape index (κ1) is 16.6. The Balaban J connectivity index is 2.12. The number of ether oxygens (including phenoxy) is 1. The smallest absolute Gasteiger partial charge is 0.120 e. The molecule has 0 unspecified atom stereocenters. The van der Waals surface area contributed by atoms with Gasteiger partial charge >= 0.3 is 0 Å². The predicted octanol–water partition coefficient (Wildman–Crippen LogP) is 4.82. The van der Waals surface area contributed by atoms with Crippen molar-refractivity contribution in [2.24, 2.45) is 5.73 Å². The lowest BCUT2D eigenvalue weighted by atomic mass is 9.98. The number of aromatic amines is 1. The van der Waals surface area contributed by atoms with Crippen molar-refractivity contribution >= 4 is 10.9 Å². The van der Waals surface area contributed by atoms with Crippen LogP contribution in [0, 0.1) is 6.92 Å². The van der Waals surface area contributed by atoms with Gasteiger partial charge in [0.05, 0.1) is 6.61 Å². The minimum atomic E-state index is 0.684. The zero-order valence-electron chi connectivity index (χ0n) is 14.6. The van der Waals surface area contributed by atoms with Gasteiger partial charge < -0.3 is 15.5 Å². The molecule has 3 aromatic rings. The lowest BCUT2D eigenvalue weighted by Crippen LogP contribution is -1.99. The van der Waals surface area contributed by atoms with Gasteiger partial charge in [0.15, 0.2) is 0 Å². The van der Waals surface area contributed by atoms with E-state index in [1.165, 1.54) is 33.3 Å². The molecule has 2 aromatic carbocycles. The molecule has 0 fully saturated rings. The summed E-state index contributed by atoms with van der Waals surface area (Å²) in [7, 11) is 0. The van der Waals surface area contributed by atoms with Gasteiger partial charge in [-0.05, 0) is 69.0 Å². The molecule has 3 N–H and O–H groups in total. The molecule has 0 aliphatic carbocycles. The normalized spacial score (nSPS) is 11.1. The number of H-pyrrole nitrogens is 1. The van der Waals surface area contributed by atoms with E-state index < -0.39 is 0 Å². The van der Waals surface area contributed by atoms with Gasteiger partial charge in [0, 0.05) is 22.2 Å². The number of nitrogens with one attached hydrogen (secondary N) is 1. The number of rotatable bonds is 7. The highest BCUT2D eigenvalue weighted by atomic mass is 16.5. The summed E-state index contributed by atoms with van der Waals surface area (Å²) in [6.45, 7) is 5.60. The quantitative estimate of drug-likeness (QED) is 0.612. The number of unbranched alkanes of at least 4 members (excludes halogenated alkanes) is 1. The summed E-state index contributed by atoms with van der Waals surface area (Å²) >= 11 is 0. The second-order valence-electron chi connectivity index (χ2n) is 6.18. The van der Waals surface area contributed by atoms with E-state index in [1.807, 2.05) is 13.0 Å². The van der Waals surface area contributed by atoms with Crippen LogP contribution in [0.25, 0.3) is 22.2 Å². The van der Waals surface area contributed by atoms with Gasteiger partial charge in [0.25, 0.3) is 0 Å². The van der Waals surface area contributed by atoms with Gasteiger partial charge in [-0.1, -0.05) is 24.3 Å². The number of hydrogen-bond acceptors (Lipinski definition) is 2. The van der Waals surface area contributed by atoms with E-state index in [4.69, 9.17) is 10.5 Å². The third-order valence-corrected chi connectivity index (χ3v) is 4.48. The average Bonchev–Trinajstić information content (AvgIpc) is 2.94. The van der Waals surface area contributed by atoms with Crippen molar-refractivity contribution in [1.82, 2.24) is 4.98 Å². The third-order valence-electron chi connectivity index (χ3n) is 4.48. The summed E-state index contributed by atoms with van der Waals surface area (Å²) in [5.74, 6) is 0.931. The Labute approximate surface area is 143 Å². The van der Waals surface area contributed by atoms with Crippen LogP contribution in [-0.2, 0) is 6.42 Å². The first-order valence-electron chi connectivity index (χ1n) is 8.78. The molecule has 3 rings (SSSR count). The number of hydrogen-bond donors (Lipinski definition) is 2. The van der Waals surface area contributed by atoms with Crippen molar-refractivity contribution in [2.75, 3.05) is 13.2 Å². The SMILES string of the molecule is CCOc1ccc2[nH]c(-c3ccccc3C)c(CCCCN)c2c1. The van der Waals surface area contributed by atoms with E-state index in [9.17, 15) is 0 Å². The van der Waals surface area contributed by atoms with E-state index in [1.54, 1.807) is 0 Å². The summed E-state index contributed by atoms with van der Waals surface area (Å²) in [6.07, 6.45) is 3.17. The van der Waals surface area contributed by atoms with Crippen molar-refractivity contribution < 1.29 is 4.74 Å². The highest BCUT2D eigenvalue weighted by Crippen LogP contribution is 2.35. The van der Waals surface area contributed by atoms with E-state index in [0.29, 0.717) is 6.61 Å². The van der Waals surface area contributed by atoms with Gasteiger partial charge in [0.2, 0.25) is 0 Å². The second-order valence-corrected chi connectivity index (χ2v) is 6.18. The minimum absolute atomic E-state index is 0.684. The molecule has 0 spiro atoms. The molecule has 3 heteroatoms. The first-order chi connectivity index (χ1) is 11.7. The molecule has 3 nitrogen and oxygen atoms in total. The lowest BCUT2D eigenvalue weighted by Gasteiger charge is -2.08. The second kappa shape index (κ2) is 7.54. The van der Waals surface area contributed by atoms with Crippen LogP contribution in [0.1, 0.15) is 30.9 Å². The molecule has 1 heterocycles. The first-order valence-corrected chi connectivity index (χ1v) is 8.78. The largest absolute Gasteiger partial charge is 0.494 e. The molecular weight excluding hydrogens is 296 g/mol. The van der Waals surface area contributed by atoms with Crippen LogP contribution in [0.4, 0.5) is 0 Å². The van der Waals surface area contributed by atoms with Gasteiger partial charge in [-0.15, -0.1) is 0 Å². The maximum atomic E-state index is 5.70. The van der Waals surface area contributed by atoms with Crippen molar-refractivity contribution in [3.63, 3.8) is 0 Å². The summed E-state index contributed by atoms with van der Waals surface area (Å²) < 4.78 is 5.70. The zero-order chi connectivity index (χ0) is 16.9. The summed E-state index contributed by atoms with van der Waals surface area (Å²) in [6, 6.07) is 14.9. The van der Waals surface area contributed by atoms with Crippen molar-refractivity contribution in [2.45, 2.75) is 33.1 Å². The van der Waals surface area contributed by atoms with Crippen molar-refractivity contribution in [3.8, 4) is 17.0 Å². The van der Waals surface area contributed by atoms with Crippen molar-refractivity contribution in [3.05, 3.63) is 53.6 Å². The Bertz CT molecular complexity index is 820. The Hall–Kier alpha value is -2.26. The number of nitrogens with two attached hydrogens (primary N) is 1. The number of fused-ring (bicyclic) bond motifs is 1. The molecule has 0 aliphatic heterocycles. The van der Waals surface area contributed by atoms with E-state index in [0.717, 1.165) is 31.6 Å². The molecular formula is C21H26N2O. The fourth-order valence-electron chi connectivity index (χ4n) is 3.27. The Kier molecular flexibility index (Phi) is 5.21. The van der Waals surface area contributed by atoms with Gasteiger partial charge in [-0.2, -0.15) is 0 Å². The Morgan fingerprint density at radius 1 is 1.08 bits per heavy atom. The topological polar surface area (TPSA) is 51.0 Å². The summed E-state index contributed by atoms with van der Waals surface area (Å²) in [4.78, 5) is 3.63. The molecule has 0 radical (unpaired) electrons. The van der Waals surface area contributed by atoms with Crippen LogP contribution < -0.4 is 10.5 Å². The number of benzene rings is 2. The molecule has 24 heavy (non-hydrogen) atoms. The minimum Gasteiger partial charge on any atom is -0.494 e. The highest BCUT2D eigenvalue weighted by Gasteiger charge is 2.15. The Morgan fingerprint density at radius 2 is 1.92 bits per heavy atom. The lowest BCUT2D eigenvalue weighted by molar-refractivity contribution is 0.340. The van der Waals surface area contributed by atoms with Crippen LogP contribution >= 0.6 is 0 Å². The maximum Gasteiger partial charge on any atom is 0.120 e. The van der Waals surface area contributed by atoms with Crippen LogP contribution in [0.2, 0.25) is 0 Å². The predicted molar refractivity (Wildman–Crippen MR) is 102 cm³/mol. The van der Waals surface area contributed by atoms with Gasteiger partial charge in [0.1, 0.15) is 5.75 Å². The van der Waals surface area contributed by atoms with Crippen LogP contribution in [0.5, 0.6) is 5.75 Å². The summed E-state index contributed by atoms with van der Waals surface area (Å²) in [5, 5.41) is 1.26. The van der Waals surface area contributed by atoms with E-state index >= 15 is 0 Å². The molecule has 0 saturated carbocycles. The molecule has 0 aliphatic rings. The number of aromatic nitrogens is 1. The molecule has 0 atom stereocenters. The summed E-state index contributed by atoms with van der Waals surface area (Å²) in [5.41, 5.74) is 12.0. The third kappa shape index (κ3) is 3.31. The van der Waals surface area contributed by atoms with Crippen LogP contribution in [0.15, 0.2) is 42.5 Å². The molecule has 0 amide bonds. The standard InChI is InChI=1S/C21H26N2O/c1-3-24-16-11-12-20-19(14-16)18(10-6-7-13-22)21(23-20)17-9-5-4-8-15(17)2/h4-5,8-9,11-12,14,23H,3,6-7,10,13,22H2,1-2H3. The molecule has 0 saturated heterocycles. The average molecular weight is 322 g/mol. The fraction of sp³-hybridized carbons (Fsp3) is 0.333. The molecule has 1 aromatic heterocycles. The monoisotopic (exact) mass is 322 g/mol. The highest BCUT2D eigenvalue weighted by molar-refractivity contribution is 5.92. The van der Waals surface area contributed by atoms with Gasteiger partial charge in [-0.3, -0.25) is 0 Å².